The average Bonchev–Trinajstić information content (AvgIpc) is 3.22. The summed E-state index contributed by atoms with van der Waals surface area (Å²) in [5.41, 5.74) is 7.77. The van der Waals surface area contributed by atoms with Crippen LogP contribution < -0.4 is 15.4 Å². The van der Waals surface area contributed by atoms with E-state index in [2.05, 4.69) is 138 Å². The van der Waals surface area contributed by atoms with E-state index >= 15 is 0 Å². The quantitative estimate of drug-likeness (QED) is 0.386. The first kappa shape index (κ1) is 17.9. The Morgan fingerprint density at radius 3 is 1.68 bits per heavy atom. The van der Waals surface area contributed by atoms with Gasteiger partial charge in [-0.05, 0) is 18.2 Å². The van der Waals surface area contributed by atoms with E-state index in [9.17, 15) is 0 Å². The van der Waals surface area contributed by atoms with Crippen molar-refractivity contribution in [1.29, 1.82) is 0 Å². The normalized spacial score (nSPS) is 14.3. The van der Waals surface area contributed by atoms with Gasteiger partial charge < -0.3 is 4.48 Å². The Bertz CT molecular complexity index is 1370. The van der Waals surface area contributed by atoms with Crippen LogP contribution in [-0.4, -0.2) is 6.28 Å². The molecule has 0 radical (unpaired) electrons. The third kappa shape index (κ3) is 2.62. The molecule has 1 nitrogen and oxygen atoms in total. The predicted molar refractivity (Wildman–Crippen MR) is 132 cm³/mol. The third-order valence-electron chi connectivity index (χ3n) is 6.72. The number of para-hydroxylation sites is 1. The molecule has 0 atom stereocenters. The van der Waals surface area contributed by atoms with Crippen LogP contribution in [0.15, 0.2) is 127 Å². The number of rotatable bonds is 3. The van der Waals surface area contributed by atoms with Crippen molar-refractivity contribution < 1.29 is 4.48 Å². The minimum absolute atomic E-state index is 1.24. The highest BCUT2D eigenvalue weighted by Gasteiger charge is 2.49. The predicted octanol–water partition coefficient (Wildman–Crippen LogP) is 4.83. The Morgan fingerprint density at radius 2 is 1.03 bits per heavy atom. The van der Waals surface area contributed by atoms with Gasteiger partial charge in [-0.2, -0.15) is 0 Å². The maximum atomic E-state index is 2.59. The molecule has 6 rings (SSSR count). The first-order valence-electron chi connectivity index (χ1n) is 10.9. The first-order chi connectivity index (χ1) is 15.4. The van der Waals surface area contributed by atoms with Gasteiger partial charge in [-0.3, -0.25) is 0 Å². The SMILES string of the molecule is C1=C(c2ccccc2)[B-](c2ccccc2)(c2ccccc2)[n+]2c1ccc1ccccc12. The van der Waals surface area contributed by atoms with Crippen LogP contribution in [0.1, 0.15) is 11.3 Å². The molecule has 1 aliphatic heterocycles. The van der Waals surface area contributed by atoms with Crippen molar-refractivity contribution in [2.24, 2.45) is 0 Å². The van der Waals surface area contributed by atoms with Crippen LogP contribution in [0.2, 0.25) is 0 Å². The van der Waals surface area contributed by atoms with E-state index in [0.29, 0.717) is 0 Å². The van der Waals surface area contributed by atoms with Crippen LogP contribution in [0.3, 0.4) is 0 Å². The molecule has 4 aromatic carbocycles. The molecule has 0 saturated heterocycles. The van der Waals surface area contributed by atoms with Gasteiger partial charge in [0, 0.05) is 17.5 Å². The summed E-state index contributed by atoms with van der Waals surface area (Å²) in [4.78, 5) is 0. The summed E-state index contributed by atoms with van der Waals surface area (Å²) in [5, 5.41) is 1.26. The third-order valence-corrected chi connectivity index (χ3v) is 6.72. The Labute approximate surface area is 182 Å². The smallest absolute Gasteiger partial charge is 0.361 e. The van der Waals surface area contributed by atoms with Crippen LogP contribution in [0, 0.1) is 0 Å². The van der Waals surface area contributed by atoms with Gasteiger partial charge in [0.05, 0.1) is 0 Å². The molecule has 0 fully saturated rings. The van der Waals surface area contributed by atoms with Crippen molar-refractivity contribution in [3.63, 3.8) is 0 Å². The highest BCUT2D eigenvalue weighted by Crippen LogP contribution is 2.32. The Hall–Kier alpha value is -3.91. The van der Waals surface area contributed by atoms with Gasteiger partial charge in [0.1, 0.15) is 5.69 Å². The van der Waals surface area contributed by atoms with E-state index < -0.39 is 6.28 Å². The highest BCUT2D eigenvalue weighted by atomic mass is 15.0. The van der Waals surface area contributed by atoms with E-state index in [-0.39, 0.29) is 0 Å². The molecule has 5 aromatic rings. The van der Waals surface area contributed by atoms with Crippen LogP contribution in [0.5, 0.6) is 0 Å². The van der Waals surface area contributed by atoms with Gasteiger partial charge in [0.25, 0.3) is 0 Å². The van der Waals surface area contributed by atoms with E-state index in [1.165, 1.54) is 38.6 Å². The minimum atomic E-state index is -1.41. The zero-order chi connectivity index (χ0) is 20.7. The van der Waals surface area contributed by atoms with Crippen LogP contribution in [0.4, 0.5) is 0 Å². The molecule has 0 saturated carbocycles. The lowest BCUT2D eigenvalue weighted by atomic mass is 9.23. The zero-order valence-corrected chi connectivity index (χ0v) is 17.2. The minimum Gasteiger partial charge on any atom is -0.402 e. The molecule has 0 bridgehead atoms. The molecule has 31 heavy (non-hydrogen) atoms. The van der Waals surface area contributed by atoms with E-state index in [4.69, 9.17) is 0 Å². The summed E-state index contributed by atoms with van der Waals surface area (Å²) in [6, 6.07) is 46.1. The number of nitrogens with zero attached hydrogens (tertiary/aromatic N) is 1. The monoisotopic (exact) mass is 395 g/mol. The summed E-state index contributed by atoms with van der Waals surface area (Å²) < 4.78 is 2.59. The lowest BCUT2D eigenvalue weighted by Crippen LogP contribution is -2.78. The van der Waals surface area contributed by atoms with Gasteiger partial charge in [-0.15, -0.1) is 16.4 Å². The number of hydrogen-bond donors (Lipinski definition) is 0. The number of benzene rings is 4. The van der Waals surface area contributed by atoms with Gasteiger partial charge in [0.2, 0.25) is 0 Å². The van der Waals surface area contributed by atoms with Crippen LogP contribution in [-0.2, 0) is 0 Å². The van der Waals surface area contributed by atoms with Gasteiger partial charge in [0.15, 0.2) is 5.52 Å². The number of aromatic nitrogens is 1. The summed E-state index contributed by atoms with van der Waals surface area (Å²) in [6.45, 7) is 0. The van der Waals surface area contributed by atoms with Crippen molar-refractivity contribution >= 4 is 39.7 Å². The Morgan fingerprint density at radius 1 is 0.484 bits per heavy atom. The van der Waals surface area contributed by atoms with E-state index in [1.54, 1.807) is 0 Å². The molecule has 1 aliphatic rings. The maximum Gasteiger partial charge on any atom is 0.361 e. The lowest BCUT2D eigenvalue weighted by Gasteiger charge is -2.36. The molecule has 0 N–H and O–H groups in total. The number of hydrogen-bond acceptors (Lipinski definition) is 0. The van der Waals surface area contributed by atoms with Crippen LogP contribution >= 0.6 is 0 Å². The Kier molecular flexibility index (Phi) is 4.10. The molecule has 0 unspecified atom stereocenters. The molecule has 0 aliphatic carbocycles. The second-order valence-corrected chi connectivity index (χ2v) is 8.29. The summed E-state index contributed by atoms with van der Waals surface area (Å²) in [5.74, 6) is 0. The molecular weight excluding hydrogens is 373 g/mol. The van der Waals surface area contributed by atoms with Crippen LogP contribution in [0.25, 0.3) is 22.5 Å². The largest absolute Gasteiger partial charge is 0.402 e. The first-order valence-corrected chi connectivity index (χ1v) is 10.9. The second kappa shape index (κ2) is 7.10. The number of pyridine rings is 1. The van der Waals surface area contributed by atoms with E-state index in [1.807, 2.05) is 0 Å². The van der Waals surface area contributed by atoms with Crippen molar-refractivity contribution in [1.82, 2.24) is 0 Å². The fourth-order valence-corrected chi connectivity index (χ4v) is 5.48. The maximum absolute atomic E-state index is 2.59. The second-order valence-electron chi connectivity index (χ2n) is 8.29. The Balaban J connectivity index is 1.81. The van der Waals surface area contributed by atoms with E-state index in [0.717, 1.165) is 0 Å². The van der Waals surface area contributed by atoms with Crippen molar-refractivity contribution in [2.45, 2.75) is 0 Å². The number of fused-ring (bicyclic) bond motifs is 3. The molecule has 2 heteroatoms. The van der Waals surface area contributed by atoms with Gasteiger partial charge in [-0.1, -0.05) is 109 Å². The molecule has 0 amide bonds. The molecular formula is C29H22BN. The molecule has 0 spiro atoms. The standard InChI is InChI=1S/C29H22BN/c1-4-12-23(13-5-1)28-22-27-21-20-24-14-10-11-19-29(24)31(27)30(28,25-15-6-2-7-16-25)26-17-8-3-9-18-26/h1-22H. The van der Waals surface area contributed by atoms with Gasteiger partial charge >= 0.3 is 6.28 Å². The summed E-state index contributed by atoms with van der Waals surface area (Å²) in [7, 11) is 0. The average molecular weight is 395 g/mol. The fourth-order valence-electron chi connectivity index (χ4n) is 5.48. The topological polar surface area (TPSA) is 3.88 Å². The molecule has 2 heterocycles. The zero-order valence-electron chi connectivity index (χ0n) is 17.2. The van der Waals surface area contributed by atoms with Gasteiger partial charge in [-0.25, -0.2) is 0 Å². The fraction of sp³-hybridized carbons (Fsp3) is 0. The summed E-state index contributed by atoms with van der Waals surface area (Å²) >= 11 is 0. The molecule has 146 valence electrons. The van der Waals surface area contributed by atoms with Crippen molar-refractivity contribution in [2.75, 3.05) is 0 Å². The van der Waals surface area contributed by atoms with Crippen molar-refractivity contribution in [3.8, 4) is 0 Å². The summed E-state index contributed by atoms with van der Waals surface area (Å²) in [6.07, 6.45) is 0.986. The molecule has 1 aromatic heterocycles. The lowest BCUT2D eigenvalue weighted by molar-refractivity contribution is -0.509. The van der Waals surface area contributed by atoms with Crippen molar-refractivity contribution in [3.05, 3.63) is 139 Å². The highest BCUT2D eigenvalue weighted by molar-refractivity contribution is 7.10.